The average Bonchev–Trinajstić information content (AvgIpc) is 1.86. The van der Waals surface area contributed by atoms with Crippen molar-refractivity contribution >= 4 is 5.97 Å². The summed E-state index contributed by atoms with van der Waals surface area (Å²) in [5.41, 5.74) is -2.52. The lowest BCUT2D eigenvalue weighted by molar-refractivity contribution is -0.214. The molecule has 0 saturated heterocycles. The summed E-state index contributed by atoms with van der Waals surface area (Å²) in [6, 6.07) is 0. The number of aliphatic hydroxyl groups is 1. The summed E-state index contributed by atoms with van der Waals surface area (Å²) in [5.74, 6) is -7.24. The predicted molar refractivity (Wildman–Crippen MR) is 38.0 cm³/mol. The summed E-state index contributed by atoms with van der Waals surface area (Å²) < 4.78 is 25.5. The molecule has 0 fully saturated rings. The van der Waals surface area contributed by atoms with Crippen molar-refractivity contribution in [2.75, 3.05) is 0 Å². The largest absolute Gasteiger partial charge is 0.477 e. The highest BCUT2D eigenvalue weighted by Gasteiger charge is 2.57. The fraction of sp³-hybridized carbons (Fsp3) is 0.857. The average molecular weight is 182 g/mol. The summed E-state index contributed by atoms with van der Waals surface area (Å²) in [5, 5.41) is 17.3. The highest BCUT2D eigenvalue weighted by molar-refractivity contribution is 5.77. The van der Waals surface area contributed by atoms with E-state index in [0.29, 0.717) is 0 Å². The van der Waals surface area contributed by atoms with Crippen LogP contribution in [0, 0.1) is 5.92 Å². The Bertz CT molecular complexity index is 187. The van der Waals surface area contributed by atoms with Gasteiger partial charge in [-0.2, -0.15) is 8.78 Å². The molecule has 0 aromatic carbocycles. The van der Waals surface area contributed by atoms with Crippen molar-refractivity contribution in [2.24, 2.45) is 5.92 Å². The first-order valence-corrected chi connectivity index (χ1v) is 3.47. The van der Waals surface area contributed by atoms with Crippen LogP contribution in [0.2, 0.25) is 0 Å². The maximum atomic E-state index is 12.7. The standard InChI is InChI=1S/C7H12F2O3/c1-4(2)6(3,12)7(8,9)5(10)11/h4,12H,1-3H3,(H,10,11). The molecule has 3 nitrogen and oxygen atoms in total. The quantitative estimate of drug-likeness (QED) is 0.687. The van der Waals surface area contributed by atoms with Crippen molar-refractivity contribution in [3.63, 3.8) is 0 Å². The number of carboxylic acids is 1. The van der Waals surface area contributed by atoms with Crippen molar-refractivity contribution in [1.82, 2.24) is 0 Å². The minimum Gasteiger partial charge on any atom is -0.477 e. The van der Waals surface area contributed by atoms with Crippen molar-refractivity contribution < 1.29 is 23.8 Å². The van der Waals surface area contributed by atoms with Crippen LogP contribution < -0.4 is 0 Å². The van der Waals surface area contributed by atoms with E-state index in [2.05, 4.69) is 0 Å². The lowest BCUT2D eigenvalue weighted by Crippen LogP contribution is -2.54. The number of hydrogen-bond donors (Lipinski definition) is 2. The number of carboxylic acid groups (broad SMARTS) is 1. The smallest absolute Gasteiger partial charge is 0.377 e. The number of aliphatic carboxylic acids is 1. The summed E-state index contributed by atoms with van der Waals surface area (Å²) in [4.78, 5) is 10.1. The van der Waals surface area contributed by atoms with Gasteiger partial charge in [-0.3, -0.25) is 0 Å². The third-order valence-corrected chi connectivity index (χ3v) is 2.03. The second-order valence-electron chi connectivity index (χ2n) is 3.18. The van der Waals surface area contributed by atoms with Crippen LogP contribution in [0.4, 0.5) is 8.78 Å². The van der Waals surface area contributed by atoms with Gasteiger partial charge >= 0.3 is 11.9 Å². The molecule has 0 radical (unpaired) electrons. The monoisotopic (exact) mass is 182 g/mol. The molecule has 5 heteroatoms. The van der Waals surface area contributed by atoms with E-state index in [1.165, 1.54) is 13.8 Å². The minimum atomic E-state index is -4.11. The van der Waals surface area contributed by atoms with Crippen molar-refractivity contribution in [3.05, 3.63) is 0 Å². The lowest BCUT2D eigenvalue weighted by atomic mass is 9.86. The molecule has 0 aliphatic carbocycles. The van der Waals surface area contributed by atoms with Gasteiger partial charge in [0.25, 0.3) is 0 Å². The van der Waals surface area contributed by atoms with Gasteiger partial charge in [0.1, 0.15) is 5.60 Å². The zero-order valence-electron chi connectivity index (χ0n) is 7.14. The van der Waals surface area contributed by atoms with Crippen molar-refractivity contribution in [1.29, 1.82) is 0 Å². The molecule has 0 rings (SSSR count). The molecule has 1 unspecified atom stereocenters. The van der Waals surface area contributed by atoms with Gasteiger partial charge in [-0.05, 0) is 12.8 Å². The Morgan fingerprint density at radius 2 is 1.75 bits per heavy atom. The lowest BCUT2D eigenvalue weighted by Gasteiger charge is -2.32. The van der Waals surface area contributed by atoms with E-state index in [1.807, 2.05) is 0 Å². The molecule has 0 heterocycles. The van der Waals surface area contributed by atoms with Crippen LogP contribution >= 0.6 is 0 Å². The van der Waals surface area contributed by atoms with Gasteiger partial charge in [-0.15, -0.1) is 0 Å². The normalized spacial score (nSPS) is 17.6. The first kappa shape index (κ1) is 11.3. The van der Waals surface area contributed by atoms with Gasteiger partial charge in [0.05, 0.1) is 0 Å². The predicted octanol–water partition coefficient (Wildman–Crippen LogP) is 1.11. The SMILES string of the molecule is CC(C)C(C)(O)C(F)(F)C(=O)O. The third kappa shape index (κ3) is 1.55. The molecule has 0 aliphatic heterocycles. The number of rotatable bonds is 3. The molecule has 0 amide bonds. The molecule has 12 heavy (non-hydrogen) atoms. The number of alkyl halides is 2. The Balaban J connectivity index is 4.88. The summed E-state index contributed by atoms with van der Waals surface area (Å²) in [7, 11) is 0. The topological polar surface area (TPSA) is 57.5 Å². The second-order valence-corrected chi connectivity index (χ2v) is 3.18. The Morgan fingerprint density at radius 3 is 1.83 bits per heavy atom. The van der Waals surface area contributed by atoms with Crippen LogP contribution in [0.1, 0.15) is 20.8 Å². The Kier molecular flexibility index (Phi) is 2.79. The van der Waals surface area contributed by atoms with Crippen LogP contribution in [0.15, 0.2) is 0 Å². The highest BCUT2D eigenvalue weighted by atomic mass is 19.3. The molecule has 0 spiro atoms. The van der Waals surface area contributed by atoms with Crippen molar-refractivity contribution in [2.45, 2.75) is 32.3 Å². The molecule has 0 aromatic heterocycles. The van der Waals surface area contributed by atoms with Gasteiger partial charge in [0.2, 0.25) is 0 Å². The van der Waals surface area contributed by atoms with Gasteiger partial charge < -0.3 is 10.2 Å². The van der Waals surface area contributed by atoms with Crippen LogP contribution in [0.5, 0.6) is 0 Å². The van der Waals surface area contributed by atoms with Crippen LogP contribution in [0.3, 0.4) is 0 Å². The summed E-state index contributed by atoms with van der Waals surface area (Å²) in [6.45, 7) is 3.47. The van der Waals surface area contributed by atoms with E-state index in [4.69, 9.17) is 10.2 Å². The minimum absolute atomic E-state index is 0.811. The maximum absolute atomic E-state index is 12.7. The summed E-state index contributed by atoms with van der Waals surface area (Å²) in [6.07, 6.45) is 0. The molecule has 72 valence electrons. The molecular formula is C7H12F2O3. The van der Waals surface area contributed by atoms with E-state index in [0.717, 1.165) is 6.92 Å². The number of carbonyl (C=O) groups is 1. The molecule has 0 bridgehead atoms. The molecule has 0 aromatic rings. The van der Waals surface area contributed by atoms with Crippen LogP contribution in [0.25, 0.3) is 0 Å². The zero-order chi connectivity index (χ0) is 10.2. The first-order valence-electron chi connectivity index (χ1n) is 3.47. The Hall–Kier alpha value is -0.710. The Labute approximate surface area is 69.0 Å². The highest BCUT2D eigenvalue weighted by Crippen LogP contribution is 2.34. The number of halogens is 2. The van der Waals surface area contributed by atoms with Gasteiger partial charge in [0, 0.05) is 0 Å². The van der Waals surface area contributed by atoms with E-state index >= 15 is 0 Å². The van der Waals surface area contributed by atoms with Crippen LogP contribution in [-0.4, -0.2) is 27.7 Å². The van der Waals surface area contributed by atoms with Gasteiger partial charge in [-0.25, -0.2) is 4.79 Å². The van der Waals surface area contributed by atoms with E-state index in [-0.39, 0.29) is 0 Å². The Morgan fingerprint density at radius 1 is 1.42 bits per heavy atom. The fourth-order valence-electron chi connectivity index (χ4n) is 0.579. The van der Waals surface area contributed by atoms with Crippen molar-refractivity contribution in [3.8, 4) is 0 Å². The summed E-state index contributed by atoms with van der Waals surface area (Å²) >= 11 is 0. The third-order valence-electron chi connectivity index (χ3n) is 2.03. The zero-order valence-corrected chi connectivity index (χ0v) is 7.14. The molecule has 1 atom stereocenters. The van der Waals surface area contributed by atoms with Crippen LogP contribution in [-0.2, 0) is 4.79 Å². The fourth-order valence-corrected chi connectivity index (χ4v) is 0.579. The molecule has 0 aliphatic rings. The maximum Gasteiger partial charge on any atom is 0.377 e. The molecular weight excluding hydrogens is 170 g/mol. The molecule has 2 N–H and O–H groups in total. The second kappa shape index (κ2) is 2.97. The van der Waals surface area contributed by atoms with Gasteiger partial charge in [0.15, 0.2) is 0 Å². The van der Waals surface area contributed by atoms with E-state index < -0.39 is 23.4 Å². The van der Waals surface area contributed by atoms with E-state index in [9.17, 15) is 13.6 Å². The van der Waals surface area contributed by atoms with E-state index in [1.54, 1.807) is 0 Å². The first-order chi connectivity index (χ1) is 5.14. The van der Waals surface area contributed by atoms with Gasteiger partial charge in [-0.1, -0.05) is 13.8 Å². The number of hydrogen-bond acceptors (Lipinski definition) is 2. The molecule has 0 saturated carbocycles.